The molecule has 0 spiro atoms. The van der Waals surface area contributed by atoms with Gasteiger partial charge in [-0.05, 0) is 31.5 Å². The summed E-state index contributed by atoms with van der Waals surface area (Å²) in [5, 5.41) is 13.6. The Morgan fingerprint density at radius 2 is 2.23 bits per heavy atom. The molecule has 1 aliphatic rings. The van der Waals surface area contributed by atoms with Crippen molar-refractivity contribution in [3.8, 4) is 11.3 Å². The van der Waals surface area contributed by atoms with Gasteiger partial charge in [-0.25, -0.2) is 4.98 Å². The molecule has 1 unspecified atom stereocenters. The smallest absolute Gasteiger partial charge is 0.277 e. The molecule has 6 nitrogen and oxygen atoms in total. The molecule has 2 aromatic heterocycles. The van der Waals surface area contributed by atoms with Crippen molar-refractivity contribution in [3.05, 3.63) is 52.6 Å². The van der Waals surface area contributed by atoms with Crippen molar-refractivity contribution in [2.45, 2.75) is 18.9 Å². The molecule has 1 saturated heterocycles. The zero-order chi connectivity index (χ0) is 17.9. The maximum absolute atomic E-state index is 12.5. The summed E-state index contributed by atoms with van der Waals surface area (Å²) in [7, 11) is 0. The van der Waals surface area contributed by atoms with E-state index in [4.69, 9.17) is 11.6 Å². The second-order valence-corrected chi connectivity index (χ2v) is 7.42. The molecule has 1 amide bonds. The third kappa shape index (κ3) is 3.65. The van der Waals surface area contributed by atoms with E-state index in [0.29, 0.717) is 21.9 Å². The normalized spacial score (nSPS) is 17.2. The zero-order valence-corrected chi connectivity index (χ0v) is 15.6. The SMILES string of the molecule is O=C(Nc1nc(-c2ccccc2Cl)cs1)c1ccn(C2CCCNC2)n1. The van der Waals surface area contributed by atoms with Crippen molar-refractivity contribution in [2.24, 2.45) is 0 Å². The average molecular weight is 388 g/mol. The molecular weight excluding hydrogens is 370 g/mol. The standard InChI is InChI=1S/C18H18ClN5OS/c19-14-6-2-1-5-13(14)16-11-26-18(21-16)22-17(25)15-7-9-24(23-15)12-4-3-8-20-10-12/h1-2,5-7,9,11-12,20H,3-4,8,10H2,(H,21,22,25). The average Bonchev–Trinajstić information content (AvgIpc) is 3.33. The van der Waals surface area contributed by atoms with E-state index >= 15 is 0 Å². The number of anilines is 1. The number of rotatable bonds is 4. The fourth-order valence-corrected chi connectivity index (χ4v) is 3.94. The molecule has 8 heteroatoms. The van der Waals surface area contributed by atoms with Gasteiger partial charge in [0.15, 0.2) is 10.8 Å². The van der Waals surface area contributed by atoms with Crippen molar-refractivity contribution < 1.29 is 4.79 Å². The Morgan fingerprint density at radius 1 is 1.35 bits per heavy atom. The highest BCUT2D eigenvalue weighted by atomic mass is 35.5. The summed E-state index contributed by atoms with van der Waals surface area (Å²) in [6, 6.07) is 9.55. The maximum atomic E-state index is 12.5. The van der Waals surface area contributed by atoms with Crippen LogP contribution in [0.1, 0.15) is 29.4 Å². The van der Waals surface area contributed by atoms with Crippen LogP contribution in [0.15, 0.2) is 41.9 Å². The van der Waals surface area contributed by atoms with E-state index in [-0.39, 0.29) is 5.91 Å². The second kappa shape index (κ2) is 7.57. The molecule has 2 N–H and O–H groups in total. The Hall–Kier alpha value is -2.22. The summed E-state index contributed by atoms with van der Waals surface area (Å²) in [6.07, 6.45) is 4.06. The van der Waals surface area contributed by atoms with Crippen molar-refractivity contribution in [1.82, 2.24) is 20.1 Å². The third-order valence-electron chi connectivity index (χ3n) is 4.36. The van der Waals surface area contributed by atoms with Crippen LogP contribution in [-0.4, -0.2) is 33.8 Å². The van der Waals surface area contributed by atoms with Gasteiger partial charge in [-0.1, -0.05) is 29.8 Å². The summed E-state index contributed by atoms with van der Waals surface area (Å²) >= 11 is 7.57. The van der Waals surface area contributed by atoms with E-state index in [1.54, 1.807) is 6.07 Å². The fourth-order valence-electron chi connectivity index (χ4n) is 3.01. The number of amides is 1. The van der Waals surface area contributed by atoms with Crippen LogP contribution in [0.25, 0.3) is 11.3 Å². The molecule has 1 fully saturated rings. The number of aromatic nitrogens is 3. The van der Waals surface area contributed by atoms with E-state index in [9.17, 15) is 4.79 Å². The van der Waals surface area contributed by atoms with Crippen molar-refractivity contribution in [2.75, 3.05) is 18.4 Å². The number of nitrogens with one attached hydrogen (secondary N) is 2. The minimum Gasteiger partial charge on any atom is -0.315 e. The summed E-state index contributed by atoms with van der Waals surface area (Å²) in [4.78, 5) is 16.9. The molecule has 1 aliphatic heterocycles. The lowest BCUT2D eigenvalue weighted by Gasteiger charge is -2.22. The first-order chi connectivity index (χ1) is 12.7. The van der Waals surface area contributed by atoms with E-state index in [1.165, 1.54) is 11.3 Å². The Labute approximate surface area is 160 Å². The van der Waals surface area contributed by atoms with Gasteiger partial charge in [0.25, 0.3) is 5.91 Å². The first kappa shape index (κ1) is 17.2. The molecule has 3 aromatic rings. The minimum absolute atomic E-state index is 0.257. The topological polar surface area (TPSA) is 71.8 Å². The number of hydrogen-bond acceptors (Lipinski definition) is 5. The number of benzene rings is 1. The lowest BCUT2D eigenvalue weighted by atomic mass is 10.1. The third-order valence-corrected chi connectivity index (χ3v) is 5.45. The molecule has 0 bridgehead atoms. The molecule has 3 heterocycles. The molecule has 4 rings (SSSR count). The van der Waals surface area contributed by atoms with E-state index in [0.717, 1.165) is 37.2 Å². The van der Waals surface area contributed by atoms with Crippen LogP contribution in [0.5, 0.6) is 0 Å². The Bertz CT molecular complexity index is 916. The molecule has 134 valence electrons. The molecule has 0 saturated carbocycles. The van der Waals surface area contributed by atoms with Crippen LogP contribution in [0, 0.1) is 0 Å². The monoisotopic (exact) mass is 387 g/mol. The van der Waals surface area contributed by atoms with Gasteiger partial charge in [-0.2, -0.15) is 5.10 Å². The van der Waals surface area contributed by atoms with Crippen LogP contribution >= 0.6 is 22.9 Å². The van der Waals surface area contributed by atoms with Crippen LogP contribution in [-0.2, 0) is 0 Å². The van der Waals surface area contributed by atoms with Crippen LogP contribution in [0.3, 0.4) is 0 Å². The van der Waals surface area contributed by atoms with Gasteiger partial charge in [0.05, 0.1) is 11.7 Å². The molecule has 1 atom stereocenters. The highest BCUT2D eigenvalue weighted by Gasteiger charge is 2.18. The van der Waals surface area contributed by atoms with Crippen molar-refractivity contribution in [3.63, 3.8) is 0 Å². The zero-order valence-electron chi connectivity index (χ0n) is 14.0. The van der Waals surface area contributed by atoms with Gasteiger partial charge in [0.2, 0.25) is 0 Å². The van der Waals surface area contributed by atoms with Gasteiger partial charge in [-0.15, -0.1) is 11.3 Å². The molecule has 1 aromatic carbocycles. The highest BCUT2D eigenvalue weighted by molar-refractivity contribution is 7.14. The Balaban J connectivity index is 1.45. The van der Waals surface area contributed by atoms with E-state index < -0.39 is 0 Å². The van der Waals surface area contributed by atoms with Gasteiger partial charge in [-0.3, -0.25) is 14.8 Å². The molecule has 0 radical (unpaired) electrons. The quantitative estimate of drug-likeness (QED) is 0.713. The fraction of sp³-hybridized carbons (Fsp3) is 0.278. The lowest BCUT2D eigenvalue weighted by molar-refractivity contribution is 0.102. The van der Waals surface area contributed by atoms with E-state index in [1.807, 2.05) is 40.5 Å². The van der Waals surface area contributed by atoms with Crippen LogP contribution in [0.4, 0.5) is 5.13 Å². The highest BCUT2D eigenvalue weighted by Crippen LogP contribution is 2.30. The number of piperidine rings is 1. The Kier molecular flexibility index (Phi) is 5.01. The van der Waals surface area contributed by atoms with Gasteiger partial charge >= 0.3 is 0 Å². The summed E-state index contributed by atoms with van der Waals surface area (Å²) in [5.41, 5.74) is 1.99. The number of hydrogen-bond donors (Lipinski definition) is 2. The second-order valence-electron chi connectivity index (χ2n) is 6.15. The number of nitrogens with zero attached hydrogens (tertiary/aromatic N) is 3. The van der Waals surface area contributed by atoms with Crippen LogP contribution in [0.2, 0.25) is 5.02 Å². The van der Waals surface area contributed by atoms with Crippen molar-refractivity contribution in [1.29, 1.82) is 0 Å². The lowest BCUT2D eigenvalue weighted by Crippen LogP contribution is -2.32. The first-order valence-corrected chi connectivity index (χ1v) is 9.74. The van der Waals surface area contributed by atoms with Gasteiger partial charge in [0, 0.05) is 28.7 Å². The number of halogens is 1. The summed E-state index contributed by atoms with van der Waals surface area (Å²) < 4.78 is 1.87. The molecule has 26 heavy (non-hydrogen) atoms. The van der Waals surface area contributed by atoms with E-state index in [2.05, 4.69) is 20.7 Å². The van der Waals surface area contributed by atoms with Crippen LogP contribution < -0.4 is 10.6 Å². The number of carbonyl (C=O) groups is 1. The Morgan fingerprint density at radius 3 is 3.04 bits per heavy atom. The summed E-state index contributed by atoms with van der Waals surface area (Å²) in [6.45, 7) is 1.93. The number of carbonyl (C=O) groups excluding carboxylic acids is 1. The van der Waals surface area contributed by atoms with Gasteiger partial charge < -0.3 is 5.32 Å². The molecular formula is C18H18ClN5OS. The maximum Gasteiger partial charge on any atom is 0.277 e. The number of thiazole rings is 1. The van der Waals surface area contributed by atoms with Crippen molar-refractivity contribution >= 4 is 34.0 Å². The largest absolute Gasteiger partial charge is 0.315 e. The molecule has 0 aliphatic carbocycles. The minimum atomic E-state index is -0.257. The predicted octanol–water partition coefficient (Wildman–Crippen LogP) is 3.84. The van der Waals surface area contributed by atoms with Gasteiger partial charge in [0.1, 0.15) is 0 Å². The first-order valence-electron chi connectivity index (χ1n) is 8.48. The summed E-state index contributed by atoms with van der Waals surface area (Å²) in [5.74, 6) is -0.257. The predicted molar refractivity (Wildman–Crippen MR) is 104 cm³/mol.